The predicted octanol–water partition coefficient (Wildman–Crippen LogP) is 4.39. The van der Waals surface area contributed by atoms with E-state index in [1.165, 1.54) is 11.8 Å². The van der Waals surface area contributed by atoms with Gasteiger partial charge in [0.25, 0.3) is 0 Å². The Hall–Kier alpha value is -2.95. The first kappa shape index (κ1) is 16.9. The number of hydrogen-bond donors (Lipinski definition) is 0. The molecular formula is C20H20N2O3. The van der Waals surface area contributed by atoms with E-state index in [0.717, 1.165) is 5.56 Å². The molecule has 0 saturated carbocycles. The molecule has 128 valence electrons. The van der Waals surface area contributed by atoms with Crippen molar-refractivity contribution in [3.05, 3.63) is 71.7 Å². The number of nitrogens with zero attached hydrogens (tertiary/aromatic N) is 2. The molecule has 0 atom stereocenters. The highest BCUT2D eigenvalue weighted by Crippen LogP contribution is 2.26. The molecule has 2 heterocycles. The molecule has 0 amide bonds. The summed E-state index contributed by atoms with van der Waals surface area (Å²) in [6, 6.07) is 13.3. The van der Waals surface area contributed by atoms with Gasteiger partial charge in [-0.05, 0) is 23.1 Å². The number of pyridine rings is 1. The van der Waals surface area contributed by atoms with Crippen molar-refractivity contribution in [2.45, 2.75) is 32.8 Å². The van der Waals surface area contributed by atoms with E-state index in [4.69, 9.17) is 9.26 Å². The average molecular weight is 336 g/mol. The summed E-state index contributed by atoms with van der Waals surface area (Å²) in [5, 5.41) is 4.05. The Morgan fingerprint density at radius 2 is 1.92 bits per heavy atom. The third kappa shape index (κ3) is 4.12. The van der Waals surface area contributed by atoms with E-state index < -0.39 is 5.97 Å². The first-order valence-electron chi connectivity index (χ1n) is 8.07. The van der Waals surface area contributed by atoms with Crippen LogP contribution in [0.1, 0.15) is 42.5 Å². The van der Waals surface area contributed by atoms with Crippen LogP contribution in [0.15, 0.2) is 59.4 Å². The van der Waals surface area contributed by atoms with Gasteiger partial charge in [0.15, 0.2) is 12.4 Å². The van der Waals surface area contributed by atoms with E-state index in [-0.39, 0.29) is 12.0 Å². The van der Waals surface area contributed by atoms with E-state index in [1.54, 1.807) is 24.4 Å². The van der Waals surface area contributed by atoms with Gasteiger partial charge in [0.05, 0.1) is 5.56 Å². The summed E-state index contributed by atoms with van der Waals surface area (Å²) in [6.45, 7) is 6.55. The van der Waals surface area contributed by atoms with Crippen LogP contribution in [0.2, 0.25) is 0 Å². The summed E-state index contributed by atoms with van der Waals surface area (Å²) in [7, 11) is 0. The minimum absolute atomic E-state index is 0.0286. The molecule has 25 heavy (non-hydrogen) atoms. The van der Waals surface area contributed by atoms with Crippen LogP contribution < -0.4 is 0 Å². The van der Waals surface area contributed by atoms with Gasteiger partial charge in [0.1, 0.15) is 5.69 Å². The predicted molar refractivity (Wildman–Crippen MR) is 94.0 cm³/mol. The first-order chi connectivity index (χ1) is 11.9. The first-order valence-corrected chi connectivity index (χ1v) is 8.07. The molecule has 0 aliphatic carbocycles. The molecule has 5 nitrogen and oxygen atoms in total. The van der Waals surface area contributed by atoms with Crippen LogP contribution in [0.3, 0.4) is 0 Å². The summed E-state index contributed by atoms with van der Waals surface area (Å²) < 4.78 is 10.5. The fraction of sp³-hybridized carbons (Fsp3) is 0.250. The maximum absolute atomic E-state index is 11.9. The van der Waals surface area contributed by atoms with E-state index in [9.17, 15) is 4.79 Å². The molecule has 0 radical (unpaired) electrons. The van der Waals surface area contributed by atoms with Crippen molar-refractivity contribution in [3.8, 4) is 11.3 Å². The molecule has 0 bridgehead atoms. The van der Waals surface area contributed by atoms with Crippen LogP contribution in [0.25, 0.3) is 11.3 Å². The maximum atomic E-state index is 11.9. The number of hydrogen-bond acceptors (Lipinski definition) is 5. The van der Waals surface area contributed by atoms with Gasteiger partial charge in [-0.2, -0.15) is 0 Å². The number of carbonyl (C=O) groups is 1. The molecule has 0 spiro atoms. The zero-order chi connectivity index (χ0) is 17.9. The maximum Gasteiger partial charge on any atom is 0.340 e. The van der Waals surface area contributed by atoms with Crippen molar-refractivity contribution in [1.82, 2.24) is 10.1 Å². The summed E-state index contributed by atoms with van der Waals surface area (Å²) in [4.78, 5) is 15.8. The summed E-state index contributed by atoms with van der Waals surface area (Å²) in [5.41, 5.74) is 3.44. The van der Waals surface area contributed by atoms with Crippen LogP contribution >= 0.6 is 0 Å². The summed E-state index contributed by atoms with van der Waals surface area (Å²) in [5.74, 6) is 0.0488. The Morgan fingerprint density at radius 3 is 2.56 bits per heavy atom. The minimum Gasteiger partial charge on any atom is -0.454 e. The lowest BCUT2D eigenvalue weighted by molar-refractivity contribution is 0.0437. The zero-order valence-electron chi connectivity index (χ0n) is 14.5. The van der Waals surface area contributed by atoms with Crippen molar-refractivity contribution in [3.63, 3.8) is 0 Å². The molecule has 5 heteroatoms. The van der Waals surface area contributed by atoms with Gasteiger partial charge < -0.3 is 9.26 Å². The molecular weight excluding hydrogens is 316 g/mol. The van der Waals surface area contributed by atoms with Crippen LogP contribution in [0, 0.1) is 0 Å². The quantitative estimate of drug-likeness (QED) is 0.661. The average Bonchev–Trinajstić information content (AvgIpc) is 3.09. The lowest BCUT2D eigenvalue weighted by Crippen LogP contribution is -2.10. The smallest absolute Gasteiger partial charge is 0.340 e. The van der Waals surface area contributed by atoms with Crippen LogP contribution in [0.4, 0.5) is 0 Å². The largest absolute Gasteiger partial charge is 0.454 e. The molecule has 1 aromatic carbocycles. The van der Waals surface area contributed by atoms with Gasteiger partial charge >= 0.3 is 5.97 Å². The molecule has 0 saturated heterocycles. The second kappa shape index (κ2) is 6.89. The van der Waals surface area contributed by atoms with E-state index >= 15 is 0 Å². The van der Waals surface area contributed by atoms with Crippen molar-refractivity contribution in [1.29, 1.82) is 0 Å². The molecule has 3 aromatic rings. The van der Waals surface area contributed by atoms with Gasteiger partial charge in [-0.1, -0.05) is 50.2 Å². The monoisotopic (exact) mass is 336 g/mol. The summed E-state index contributed by atoms with van der Waals surface area (Å²) in [6.07, 6.45) is 3.06. The molecule has 2 aromatic heterocycles. The Kier molecular flexibility index (Phi) is 4.65. The highest BCUT2D eigenvalue weighted by Gasteiger charge is 2.15. The number of benzene rings is 1. The molecule has 0 unspecified atom stereocenters. The van der Waals surface area contributed by atoms with Gasteiger partial charge in [0.2, 0.25) is 0 Å². The molecule has 0 N–H and O–H groups in total. The van der Waals surface area contributed by atoms with Crippen LogP contribution in [0.5, 0.6) is 0 Å². The van der Waals surface area contributed by atoms with Crippen LogP contribution in [-0.4, -0.2) is 16.1 Å². The van der Waals surface area contributed by atoms with E-state index in [0.29, 0.717) is 17.0 Å². The van der Waals surface area contributed by atoms with Gasteiger partial charge in [0, 0.05) is 24.0 Å². The Labute approximate surface area is 146 Å². The number of rotatable bonds is 4. The SMILES string of the molecule is CC(C)(C)c1ccc(-c2cc(COC(=O)c3cccnc3)on2)cc1. The highest BCUT2D eigenvalue weighted by molar-refractivity contribution is 5.88. The molecule has 0 aliphatic rings. The Balaban J connectivity index is 1.65. The molecule has 3 rings (SSSR count). The third-order valence-electron chi connectivity index (χ3n) is 3.85. The van der Waals surface area contributed by atoms with Crippen molar-refractivity contribution in [2.75, 3.05) is 0 Å². The fourth-order valence-corrected chi connectivity index (χ4v) is 2.36. The topological polar surface area (TPSA) is 65.2 Å². The normalized spacial score (nSPS) is 11.3. The molecule has 0 aliphatic heterocycles. The number of esters is 1. The van der Waals surface area contributed by atoms with Crippen molar-refractivity contribution < 1.29 is 14.1 Å². The van der Waals surface area contributed by atoms with Crippen molar-refractivity contribution in [2.24, 2.45) is 0 Å². The number of aromatic nitrogens is 2. The lowest BCUT2D eigenvalue weighted by atomic mass is 9.86. The Morgan fingerprint density at radius 1 is 1.16 bits per heavy atom. The number of carbonyl (C=O) groups excluding carboxylic acids is 1. The fourth-order valence-electron chi connectivity index (χ4n) is 2.36. The second-order valence-electron chi connectivity index (χ2n) is 6.82. The zero-order valence-corrected chi connectivity index (χ0v) is 14.5. The standard InChI is InChI=1S/C20H20N2O3/c1-20(2,3)16-8-6-14(7-9-16)18-11-17(25-22-18)13-24-19(23)15-5-4-10-21-12-15/h4-12H,13H2,1-3H3. The highest BCUT2D eigenvalue weighted by atomic mass is 16.5. The van der Waals surface area contributed by atoms with Gasteiger partial charge in [-0.3, -0.25) is 4.98 Å². The van der Waals surface area contributed by atoms with E-state index in [2.05, 4.69) is 43.0 Å². The Bertz CT molecular complexity index is 847. The lowest BCUT2D eigenvalue weighted by Gasteiger charge is -2.18. The minimum atomic E-state index is -0.444. The van der Waals surface area contributed by atoms with Crippen LogP contribution in [-0.2, 0) is 16.8 Å². The van der Waals surface area contributed by atoms with Gasteiger partial charge in [-0.15, -0.1) is 0 Å². The summed E-state index contributed by atoms with van der Waals surface area (Å²) >= 11 is 0. The molecule has 0 fully saturated rings. The van der Waals surface area contributed by atoms with Gasteiger partial charge in [-0.25, -0.2) is 4.79 Å². The third-order valence-corrected chi connectivity index (χ3v) is 3.85. The number of ether oxygens (including phenoxy) is 1. The van der Waals surface area contributed by atoms with E-state index in [1.807, 2.05) is 12.1 Å². The van der Waals surface area contributed by atoms with Crippen molar-refractivity contribution >= 4 is 5.97 Å². The second-order valence-corrected chi connectivity index (χ2v) is 6.82.